The number of hydrogen-bond acceptors (Lipinski definition) is 2. The van der Waals surface area contributed by atoms with E-state index in [2.05, 4.69) is 21.8 Å². The number of benzene rings is 1. The van der Waals surface area contributed by atoms with Crippen LogP contribution in [0.25, 0.3) is 0 Å². The van der Waals surface area contributed by atoms with Crippen LogP contribution in [0.5, 0.6) is 0 Å². The highest BCUT2D eigenvalue weighted by Gasteiger charge is 2.20. The van der Waals surface area contributed by atoms with Crippen molar-refractivity contribution in [3.05, 3.63) is 53.4 Å². The van der Waals surface area contributed by atoms with Crippen LogP contribution in [0.1, 0.15) is 36.3 Å². The van der Waals surface area contributed by atoms with Crippen LogP contribution < -0.4 is 5.32 Å². The number of nitrogens with zero attached hydrogens (tertiary/aromatic N) is 2. The lowest BCUT2D eigenvalue weighted by molar-refractivity contribution is 0.533. The van der Waals surface area contributed by atoms with E-state index in [1.54, 1.807) is 12.3 Å². The maximum absolute atomic E-state index is 14.0. The maximum atomic E-state index is 14.0. The van der Waals surface area contributed by atoms with Gasteiger partial charge in [0.15, 0.2) is 0 Å². The lowest BCUT2D eigenvalue weighted by Gasteiger charge is -2.19. The zero-order valence-corrected chi connectivity index (χ0v) is 11.7. The summed E-state index contributed by atoms with van der Waals surface area (Å²) in [6.07, 6.45) is 4.73. The molecular formula is C15H20FN3. The van der Waals surface area contributed by atoms with E-state index in [-0.39, 0.29) is 11.9 Å². The molecule has 0 aliphatic carbocycles. The zero-order valence-electron chi connectivity index (χ0n) is 11.7. The number of nitrogens with one attached hydrogen (secondary N) is 1. The van der Waals surface area contributed by atoms with Gasteiger partial charge in [-0.15, -0.1) is 0 Å². The summed E-state index contributed by atoms with van der Waals surface area (Å²) in [5.41, 5.74) is 1.69. The molecule has 102 valence electrons. The molecule has 1 heterocycles. The van der Waals surface area contributed by atoms with Gasteiger partial charge in [-0.05, 0) is 26.5 Å². The summed E-state index contributed by atoms with van der Waals surface area (Å²) in [6.45, 7) is 4.97. The third kappa shape index (κ3) is 2.84. The second-order valence-electron chi connectivity index (χ2n) is 4.73. The fourth-order valence-corrected chi connectivity index (χ4v) is 2.32. The molecule has 1 atom stereocenters. The van der Waals surface area contributed by atoms with Crippen LogP contribution in [0.2, 0.25) is 0 Å². The minimum Gasteiger partial charge on any atom is -0.333 e. The molecule has 0 saturated heterocycles. The Hall–Kier alpha value is -1.68. The summed E-state index contributed by atoms with van der Waals surface area (Å²) in [7, 11) is 1.83. The Morgan fingerprint density at radius 1 is 1.42 bits per heavy atom. The molecule has 3 nitrogen and oxygen atoms in total. The van der Waals surface area contributed by atoms with Crippen molar-refractivity contribution in [1.82, 2.24) is 14.9 Å². The number of rotatable bonds is 5. The number of hydrogen-bond donors (Lipinski definition) is 1. The fraction of sp³-hybridized carbons (Fsp3) is 0.400. The number of halogens is 1. The molecule has 2 aromatic rings. The summed E-state index contributed by atoms with van der Waals surface area (Å²) in [5.74, 6) is 0.657. The minimum atomic E-state index is -0.221. The van der Waals surface area contributed by atoms with Crippen LogP contribution in [0, 0.1) is 12.7 Å². The van der Waals surface area contributed by atoms with Crippen molar-refractivity contribution in [2.75, 3.05) is 7.05 Å². The molecule has 1 unspecified atom stereocenters. The predicted octanol–water partition coefficient (Wildman–Crippen LogP) is 3.05. The number of aryl methyl sites for hydroxylation is 2. The van der Waals surface area contributed by atoms with Crippen molar-refractivity contribution in [2.24, 2.45) is 0 Å². The van der Waals surface area contributed by atoms with Gasteiger partial charge in [0, 0.05) is 24.5 Å². The van der Waals surface area contributed by atoms with Crippen molar-refractivity contribution in [3.63, 3.8) is 0 Å². The van der Waals surface area contributed by atoms with Crippen molar-refractivity contribution < 1.29 is 4.39 Å². The Labute approximate surface area is 113 Å². The lowest BCUT2D eigenvalue weighted by Crippen LogP contribution is -2.23. The van der Waals surface area contributed by atoms with Gasteiger partial charge in [-0.25, -0.2) is 9.37 Å². The molecular weight excluding hydrogens is 241 g/mol. The third-order valence-corrected chi connectivity index (χ3v) is 3.22. The van der Waals surface area contributed by atoms with E-state index >= 15 is 0 Å². The first-order valence-electron chi connectivity index (χ1n) is 6.61. The zero-order chi connectivity index (χ0) is 13.8. The second-order valence-corrected chi connectivity index (χ2v) is 4.73. The van der Waals surface area contributed by atoms with E-state index in [1.807, 2.05) is 26.2 Å². The van der Waals surface area contributed by atoms with Crippen LogP contribution >= 0.6 is 0 Å². The molecule has 0 fully saturated rings. The van der Waals surface area contributed by atoms with Crippen molar-refractivity contribution in [2.45, 2.75) is 32.9 Å². The van der Waals surface area contributed by atoms with Gasteiger partial charge in [-0.2, -0.15) is 0 Å². The molecule has 1 aromatic carbocycles. The van der Waals surface area contributed by atoms with Crippen LogP contribution in [-0.2, 0) is 6.54 Å². The van der Waals surface area contributed by atoms with Gasteiger partial charge in [0.2, 0.25) is 0 Å². The minimum absolute atomic E-state index is 0.198. The monoisotopic (exact) mass is 261 g/mol. The van der Waals surface area contributed by atoms with Gasteiger partial charge in [0.05, 0.1) is 6.04 Å². The van der Waals surface area contributed by atoms with E-state index in [9.17, 15) is 4.39 Å². The van der Waals surface area contributed by atoms with Gasteiger partial charge in [0.25, 0.3) is 0 Å². The first-order chi connectivity index (χ1) is 9.17. The molecule has 0 radical (unpaired) electrons. The molecule has 1 aromatic heterocycles. The highest BCUT2D eigenvalue weighted by Crippen LogP contribution is 2.24. The van der Waals surface area contributed by atoms with Crippen LogP contribution in [-0.4, -0.2) is 16.6 Å². The number of imidazole rings is 1. The van der Waals surface area contributed by atoms with Gasteiger partial charge in [-0.1, -0.05) is 24.6 Å². The summed E-state index contributed by atoms with van der Waals surface area (Å²) in [6, 6.07) is 4.95. The SMILES string of the molecule is CCCn1ccnc1C(NC)c1cc(C)ccc1F. The van der Waals surface area contributed by atoms with E-state index < -0.39 is 0 Å². The van der Waals surface area contributed by atoms with Gasteiger partial charge < -0.3 is 9.88 Å². The third-order valence-electron chi connectivity index (χ3n) is 3.22. The molecule has 2 rings (SSSR count). The smallest absolute Gasteiger partial charge is 0.130 e. The van der Waals surface area contributed by atoms with Crippen LogP contribution in [0.3, 0.4) is 0 Å². The Morgan fingerprint density at radius 2 is 2.21 bits per heavy atom. The van der Waals surface area contributed by atoms with Crippen LogP contribution in [0.4, 0.5) is 4.39 Å². The second kappa shape index (κ2) is 5.97. The summed E-state index contributed by atoms with van der Waals surface area (Å²) in [5, 5.41) is 3.16. The summed E-state index contributed by atoms with van der Waals surface area (Å²) >= 11 is 0. The molecule has 0 saturated carbocycles. The van der Waals surface area contributed by atoms with E-state index in [4.69, 9.17) is 0 Å². The Bertz CT molecular complexity index is 548. The topological polar surface area (TPSA) is 29.9 Å². The average Bonchev–Trinajstić information content (AvgIpc) is 2.83. The van der Waals surface area contributed by atoms with E-state index in [0.717, 1.165) is 24.4 Å². The molecule has 0 bridgehead atoms. The highest BCUT2D eigenvalue weighted by atomic mass is 19.1. The Kier molecular flexibility index (Phi) is 4.32. The quantitative estimate of drug-likeness (QED) is 0.896. The molecule has 0 aliphatic rings. The largest absolute Gasteiger partial charge is 0.333 e. The Balaban J connectivity index is 2.44. The van der Waals surface area contributed by atoms with Crippen LogP contribution in [0.15, 0.2) is 30.6 Å². The van der Waals surface area contributed by atoms with Gasteiger partial charge >= 0.3 is 0 Å². The van der Waals surface area contributed by atoms with E-state index in [0.29, 0.717) is 5.56 Å². The maximum Gasteiger partial charge on any atom is 0.130 e. The van der Waals surface area contributed by atoms with Gasteiger partial charge in [0.1, 0.15) is 11.6 Å². The highest BCUT2D eigenvalue weighted by molar-refractivity contribution is 5.30. The van der Waals surface area contributed by atoms with Crippen molar-refractivity contribution >= 4 is 0 Å². The molecule has 0 spiro atoms. The summed E-state index contributed by atoms with van der Waals surface area (Å²) in [4.78, 5) is 4.39. The molecule has 0 aliphatic heterocycles. The predicted molar refractivity (Wildman–Crippen MR) is 74.6 cm³/mol. The van der Waals surface area contributed by atoms with Crippen molar-refractivity contribution in [3.8, 4) is 0 Å². The van der Waals surface area contributed by atoms with Gasteiger partial charge in [-0.3, -0.25) is 0 Å². The summed E-state index contributed by atoms with van der Waals surface area (Å²) < 4.78 is 16.1. The fourth-order valence-electron chi connectivity index (χ4n) is 2.32. The van der Waals surface area contributed by atoms with Crippen molar-refractivity contribution in [1.29, 1.82) is 0 Å². The first-order valence-corrected chi connectivity index (χ1v) is 6.61. The molecule has 0 amide bonds. The average molecular weight is 261 g/mol. The Morgan fingerprint density at radius 3 is 2.89 bits per heavy atom. The molecule has 1 N–H and O–H groups in total. The molecule has 19 heavy (non-hydrogen) atoms. The standard InChI is InChI=1S/C15H20FN3/c1-4-8-19-9-7-18-15(19)14(17-3)12-10-11(2)5-6-13(12)16/h5-7,9-10,14,17H,4,8H2,1-3H3. The van der Waals surface area contributed by atoms with E-state index in [1.165, 1.54) is 6.07 Å². The number of aromatic nitrogens is 2. The lowest BCUT2D eigenvalue weighted by atomic mass is 10.0. The first kappa shape index (κ1) is 13.7. The molecule has 4 heteroatoms. The normalized spacial score (nSPS) is 12.6.